The van der Waals surface area contributed by atoms with Gasteiger partial charge in [-0.2, -0.15) is 0 Å². The number of ether oxygens (including phenoxy) is 1. The van der Waals surface area contributed by atoms with Crippen LogP contribution in [-0.4, -0.2) is 41.1 Å². The third kappa shape index (κ3) is 5.45. The summed E-state index contributed by atoms with van der Waals surface area (Å²) in [6.45, 7) is 5.34. The Kier molecular flexibility index (Phi) is 6.72. The van der Waals surface area contributed by atoms with E-state index in [2.05, 4.69) is 0 Å². The molecule has 1 amide bonds. The summed E-state index contributed by atoms with van der Waals surface area (Å²) in [6.07, 6.45) is 1.59. The zero-order chi connectivity index (χ0) is 15.8. The van der Waals surface area contributed by atoms with Gasteiger partial charge in [-0.3, -0.25) is 9.59 Å². The highest BCUT2D eigenvalue weighted by Gasteiger charge is 2.21. The van der Waals surface area contributed by atoms with E-state index in [-0.39, 0.29) is 25.1 Å². The molecule has 0 aromatic heterocycles. The van der Waals surface area contributed by atoms with Crippen molar-refractivity contribution in [1.82, 2.24) is 4.90 Å². The standard InChI is InChI=1S/C16H23NO4/c1-4-12(3)17(10-16(19)20)15(18)11-21-14-8-6-7-13(5-2)9-14/h6-9,12H,4-5,10-11H2,1-3H3,(H,19,20). The molecule has 5 nitrogen and oxygen atoms in total. The summed E-state index contributed by atoms with van der Waals surface area (Å²) >= 11 is 0. The number of rotatable bonds is 8. The van der Waals surface area contributed by atoms with Crippen molar-refractivity contribution in [2.75, 3.05) is 13.2 Å². The van der Waals surface area contributed by atoms with Crippen molar-refractivity contribution >= 4 is 11.9 Å². The first-order chi connectivity index (χ1) is 9.97. The molecule has 0 aliphatic rings. The maximum Gasteiger partial charge on any atom is 0.323 e. The van der Waals surface area contributed by atoms with E-state index in [0.717, 1.165) is 12.0 Å². The Bertz CT molecular complexity index is 487. The van der Waals surface area contributed by atoms with Gasteiger partial charge in [0.2, 0.25) is 0 Å². The maximum absolute atomic E-state index is 12.1. The van der Waals surface area contributed by atoms with Crippen LogP contribution in [0, 0.1) is 0 Å². The highest BCUT2D eigenvalue weighted by atomic mass is 16.5. The molecule has 1 N–H and O–H groups in total. The number of amides is 1. The second-order valence-corrected chi connectivity index (χ2v) is 4.96. The number of hydrogen-bond acceptors (Lipinski definition) is 3. The van der Waals surface area contributed by atoms with Gasteiger partial charge in [0.15, 0.2) is 6.61 Å². The van der Waals surface area contributed by atoms with E-state index in [4.69, 9.17) is 9.84 Å². The smallest absolute Gasteiger partial charge is 0.323 e. The van der Waals surface area contributed by atoms with Gasteiger partial charge in [0.05, 0.1) is 0 Å². The van der Waals surface area contributed by atoms with Crippen molar-refractivity contribution in [3.05, 3.63) is 29.8 Å². The Morgan fingerprint density at radius 3 is 2.62 bits per heavy atom. The molecule has 21 heavy (non-hydrogen) atoms. The predicted molar refractivity (Wildman–Crippen MR) is 80.4 cm³/mol. The van der Waals surface area contributed by atoms with Gasteiger partial charge in [0.25, 0.3) is 5.91 Å². The highest BCUT2D eigenvalue weighted by molar-refractivity contribution is 5.82. The summed E-state index contributed by atoms with van der Waals surface area (Å²) < 4.78 is 5.48. The van der Waals surface area contributed by atoms with E-state index in [1.807, 2.05) is 39.0 Å². The summed E-state index contributed by atoms with van der Waals surface area (Å²) in [7, 11) is 0. The average Bonchev–Trinajstić information content (AvgIpc) is 2.49. The average molecular weight is 293 g/mol. The van der Waals surface area contributed by atoms with Gasteiger partial charge in [-0.1, -0.05) is 26.0 Å². The van der Waals surface area contributed by atoms with Crippen molar-refractivity contribution in [2.24, 2.45) is 0 Å². The van der Waals surface area contributed by atoms with Crippen LogP contribution in [0.1, 0.15) is 32.8 Å². The number of carbonyl (C=O) groups excluding carboxylic acids is 1. The van der Waals surface area contributed by atoms with Crippen LogP contribution >= 0.6 is 0 Å². The van der Waals surface area contributed by atoms with E-state index >= 15 is 0 Å². The lowest BCUT2D eigenvalue weighted by atomic mass is 10.2. The third-order valence-corrected chi connectivity index (χ3v) is 3.42. The number of aryl methyl sites for hydroxylation is 1. The summed E-state index contributed by atoms with van der Waals surface area (Å²) in [6, 6.07) is 7.42. The molecule has 1 aromatic carbocycles. The molecule has 116 valence electrons. The van der Waals surface area contributed by atoms with E-state index in [1.54, 1.807) is 6.07 Å². The molecular weight excluding hydrogens is 270 g/mol. The summed E-state index contributed by atoms with van der Waals surface area (Å²) in [5.74, 6) is -0.701. The first kappa shape index (κ1) is 17.0. The predicted octanol–water partition coefficient (Wildman–Crippen LogP) is 2.34. The fourth-order valence-corrected chi connectivity index (χ4v) is 1.94. The molecule has 1 atom stereocenters. The Morgan fingerprint density at radius 1 is 1.33 bits per heavy atom. The van der Waals surface area contributed by atoms with E-state index in [9.17, 15) is 9.59 Å². The monoisotopic (exact) mass is 293 g/mol. The van der Waals surface area contributed by atoms with Crippen LogP contribution in [-0.2, 0) is 16.0 Å². The molecular formula is C16H23NO4. The molecule has 0 spiro atoms. The number of benzene rings is 1. The van der Waals surface area contributed by atoms with Gasteiger partial charge in [-0.25, -0.2) is 0 Å². The number of nitrogens with zero attached hydrogens (tertiary/aromatic N) is 1. The third-order valence-electron chi connectivity index (χ3n) is 3.42. The first-order valence-corrected chi connectivity index (χ1v) is 7.20. The van der Waals surface area contributed by atoms with Crippen LogP contribution in [0.2, 0.25) is 0 Å². The highest BCUT2D eigenvalue weighted by Crippen LogP contribution is 2.14. The van der Waals surface area contributed by atoms with Crippen molar-refractivity contribution in [3.63, 3.8) is 0 Å². The quantitative estimate of drug-likeness (QED) is 0.799. The van der Waals surface area contributed by atoms with Crippen LogP contribution in [0.25, 0.3) is 0 Å². The second kappa shape index (κ2) is 8.29. The van der Waals surface area contributed by atoms with Gasteiger partial charge in [-0.05, 0) is 37.5 Å². The number of carboxylic acid groups (broad SMARTS) is 1. The van der Waals surface area contributed by atoms with Crippen LogP contribution in [0.15, 0.2) is 24.3 Å². The van der Waals surface area contributed by atoms with Gasteiger partial charge in [0.1, 0.15) is 12.3 Å². The van der Waals surface area contributed by atoms with Gasteiger partial charge < -0.3 is 14.7 Å². The molecule has 0 bridgehead atoms. The van der Waals surface area contributed by atoms with E-state index < -0.39 is 5.97 Å². The zero-order valence-electron chi connectivity index (χ0n) is 12.8. The van der Waals surface area contributed by atoms with Gasteiger partial charge >= 0.3 is 5.97 Å². The molecule has 0 aliphatic carbocycles. The van der Waals surface area contributed by atoms with Crippen molar-refractivity contribution in [3.8, 4) is 5.75 Å². The summed E-state index contributed by atoms with van der Waals surface area (Å²) in [5.41, 5.74) is 1.13. The van der Waals surface area contributed by atoms with E-state index in [0.29, 0.717) is 12.2 Å². The normalized spacial score (nSPS) is 11.8. The SMILES string of the molecule is CCc1cccc(OCC(=O)N(CC(=O)O)C(C)CC)c1. The van der Waals surface area contributed by atoms with E-state index in [1.165, 1.54) is 4.90 Å². The van der Waals surface area contributed by atoms with Crippen LogP contribution < -0.4 is 4.74 Å². The van der Waals surface area contributed by atoms with Gasteiger partial charge in [0, 0.05) is 6.04 Å². The molecule has 1 rings (SSSR count). The number of carboxylic acids is 1. The van der Waals surface area contributed by atoms with Crippen molar-refractivity contribution < 1.29 is 19.4 Å². The molecule has 5 heteroatoms. The number of hydrogen-bond donors (Lipinski definition) is 1. The largest absolute Gasteiger partial charge is 0.484 e. The van der Waals surface area contributed by atoms with Crippen LogP contribution in [0.3, 0.4) is 0 Å². The van der Waals surface area contributed by atoms with Crippen molar-refractivity contribution in [2.45, 2.75) is 39.7 Å². The molecule has 0 fully saturated rings. The fourth-order valence-electron chi connectivity index (χ4n) is 1.94. The lowest BCUT2D eigenvalue weighted by molar-refractivity contribution is -0.147. The zero-order valence-corrected chi connectivity index (χ0v) is 12.8. The Labute approximate surface area is 125 Å². The minimum atomic E-state index is -1.02. The fraction of sp³-hybridized carbons (Fsp3) is 0.500. The lowest BCUT2D eigenvalue weighted by Crippen LogP contribution is -2.44. The minimum Gasteiger partial charge on any atom is -0.484 e. The minimum absolute atomic E-state index is 0.126. The number of aliphatic carboxylic acids is 1. The molecule has 0 radical (unpaired) electrons. The first-order valence-electron chi connectivity index (χ1n) is 7.20. The lowest BCUT2D eigenvalue weighted by Gasteiger charge is -2.26. The molecule has 0 saturated carbocycles. The van der Waals surface area contributed by atoms with Crippen molar-refractivity contribution in [1.29, 1.82) is 0 Å². The molecule has 1 unspecified atom stereocenters. The number of carbonyl (C=O) groups is 2. The topological polar surface area (TPSA) is 66.8 Å². The maximum atomic E-state index is 12.1. The van der Waals surface area contributed by atoms with Gasteiger partial charge in [-0.15, -0.1) is 0 Å². The molecule has 1 aromatic rings. The second-order valence-electron chi connectivity index (χ2n) is 4.96. The Hall–Kier alpha value is -2.04. The Morgan fingerprint density at radius 2 is 2.05 bits per heavy atom. The molecule has 0 aliphatic heterocycles. The Balaban J connectivity index is 2.66. The molecule has 0 heterocycles. The summed E-state index contributed by atoms with van der Waals surface area (Å²) in [4.78, 5) is 24.3. The van der Waals surface area contributed by atoms with Crippen LogP contribution in [0.5, 0.6) is 5.75 Å². The summed E-state index contributed by atoms with van der Waals surface area (Å²) in [5, 5.41) is 8.90. The molecule has 0 saturated heterocycles. The van der Waals surface area contributed by atoms with Crippen LogP contribution in [0.4, 0.5) is 0 Å².